The van der Waals surface area contributed by atoms with E-state index in [2.05, 4.69) is 57.2 Å². The van der Waals surface area contributed by atoms with Crippen LogP contribution in [0.2, 0.25) is 0 Å². The molecule has 3 aliphatic rings. The lowest BCUT2D eigenvalue weighted by atomic mass is 9.84. The Bertz CT molecular complexity index is 984. The Labute approximate surface area is 180 Å². The summed E-state index contributed by atoms with van der Waals surface area (Å²) < 4.78 is 1.01. The predicted molar refractivity (Wildman–Crippen MR) is 122 cm³/mol. The van der Waals surface area contributed by atoms with Crippen molar-refractivity contribution in [2.45, 2.75) is 31.8 Å². The van der Waals surface area contributed by atoms with Crippen LogP contribution in [0.3, 0.4) is 0 Å². The molecule has 3 aromatic rings. The third kappa shape index (κ3) is 3.98. The number of pyridine rings is 1. The quantitative estimate of drug-likeness (QED) is 0.543. The van der Waals surface area contributed by atoms with Gasteiger partial charge in [0.1, 0.15) is 0 Å². The topological polar surface area (TPSA) is 36.4 Å². The maximum Gasteiger partial charge on any atom is 0.0924 e. The van der Waals surface area contributed by atoms with Gasteiger partial charge in [-0.3, -0.25) is 9.88 Å². The summed E-state index contributed by atoms with van der Waals surface area (Å²) in [6.07, 6.45) is 6.79. The number of rotatable bonds is 4. The highest BCUT2D eigenvalue weighted by Gasteiger charge is 2.30. The lowest BCUT2D eigenvalue weighted by molar-refractivity contribution is 0.108. The highest BCUT2D eigenvalue weighted by molar-refractivity contribution is 9.10. The molecular formula is C25H27BrN2O. The summed E-state index contributed by atoms with van der Waals surface area (Å²) in [5, 5.41) is 12.3. The first kappa shape index (κ1) is 19.2. The van der Waals surface area contributed by atoms with E-state index >= 15 is 0 Å². The monoisotopic (exact) mass is 450 g/mol. The van der Waals surface area contributed by atoms with Gasteiger partial charge in [-0.15, -0.1) is 0 Å². The van der Waals surface area contributed by atoms with E-state index in [0.29, 0.717) is 6.54 Å². The molecule has 1 saturated carbocycles. The summed E-state index contributed by atoms with van der Waals surface area (Å²) in [6.45, 7) is 2.98. The van der Waals surface area contributed by atoms with E-state index in [-0.39, 0.29) is 0 Å². The van der Waals surface area contributed by atoms with Gasteiger partial charge in [0.2, 0.25) is 0 Å². The van der Waals surface area contributed by atoms with Crippen LogP contribution in [0, 0.1) is 11.8 Å². The molecule has 3 nitrogen and oxygen atoms in total. The first-order valence-electron chi connectivity index (χ1n) is 10.7. The Hall–Kier alpha value is -1.75. The van der Waals surface area contributed by atoms with E-state index in [0.717, 1.165) is 57.0 Å². The number of hydrogen-bond acceptors (Lipinski definition) is 3. The molecule has 150 valence electrons. The van der Waals surface area contributed by atoms with Crippen molar-refractivity contribution < 1.29 is 5.11 Å². The summed E-state index contributed by atoms with van der Waals surface area (Å²) in [7, 11) is 0. The largest absolute Gasteiger partial charge is 0.387 e. The minimum absolute atomic E-state index is 0.504. The number of halogens is 1. The molecule has 3 heterocycles. The molecule has 29 heavy (non-hydrogen) atoms. The summed E-state index contributed by atoms with van der Waals surface area (Å²) in [5.74, 6) is 1.63. The van der Waals surface area contributed by atoms with E-state index in [1.165, 1.54) is 25.7 Å². The Kier molecular flexibility index (Phi) is 5.42. The van der Waals surface area contributed by atoms with Gasteiger partial charge in [0, 0.05) is 41.3 Å². The summed E-state index contributed by atoms with van der Waals surface area (Å²) in [4.78, 5) is 7.19. The smallest absolute Gasteiger partial charge is 0.0924 e. The fourth-order valence-corrected chi connectivity index (χ4v) is 5.72. The van der Waals surface area contributed by atoms with Gasteiger partial charge < -0.3 is 5.11 Å². The molecule has 1 unspecified atom stereocenters. The van der Waals surface area contributed by atoms with Crippen LogP contribution in [0.15, 0.2) is 59.2 Å². The van der Waals surface area contributed by atoms with Crippen molar-refractivity contribution in [3.8, 4) is 11.1 Å². The van der Waals surface area contributed by atoms with Crippen molar-refractivity contribution in [1.82, 2.24) is 9.88 Å². The van der Waals surface area contributed by atoms with Crippen molar-refractivity contribution in [3.05, 3.63) is 64.8 Å². The van der Waals surface area contributed by atoms with Gasteiger partial charge in [0.15, 0.2) is 0 Å². The van der Waals surface area contributed by atoms with E-state index in [1.807, 2.05) is 18.3 Å². The molecular weight excluding hydrogens is 424 g/mol. The molecule has 2 aliphatic heterocycles. The Morgan fingerprint density at radius 3 is 2.38 bits per heavy atom. The fourth-order valence-electron chi connectivity index (χ4n) is 5.26. The second-order valence-electron chi connectivity index (χ2n) is 8.74. The van der Waals surface area contributed by atoms with Crippen molar-refractivity contribution in [3.63, 3.8) is 0 Å². The molecule has 1 aliphatic carbocycles. The minimum Gasteiger partial charge on any atom is -0.387 e. The molecule has 6 rings (SSSR count). The van der Waals surface area contributed by atoms with Gasteiger partial charge in [-0.25, -0.2) is 0 Å². The molecule has 2 aromatic carbocycles. The van der Waals surface area contributed by atoms with Gasteiger partial charge in [0.05, 0.1) is 11.6 Å². The molecule has 2 saturated heterocycles. The van der Waals surface area contributed by atoms with Gasteiger partial charge in [-0.2, -0.15) is 0 Å². The number of aromatic nitrogens is 1. The molecule has 4 heteroatoms. The van der Waals surface area contributed by atoms with Crippen LogP contribution >= 0.6 is 15.9 Å². The lowest BCUT2D eigenvalue weighted by Gasteiger charge is -2.26. The average molecular weight is 451 g/mol. The predicted octanol–water partition coefficient (Wildman–Crippen LogP) is 5.82. The lowest BCUT2D eigenvalue weighted by Crippen LogP contribution is -2.32. The standard InChI is InChI=1S/C25H27BrN2O/c26-20-12-22(19-4-2-1-3-5-19)25-23(13-20)21(10-11-27-25)24(29)16-28-14-17-6-7-18(15-28)9-8-17/h1-5,10-13,17-18,24,29H,6-9,14-16H2. The molecule has 2 bridgehead atoms. The van der Waals surface area contributed by atoms with Crippen LogP contribution in [-0.4, -0.2) is 34.6 Å². The van der Waals surface area contributed by atoms with Crippen LogP contribution < -0.4 is 0 Å². The highest BCUT2D eigenvalue weighted by atomic mass is 79.9. The first-order chi connectivity index (χ1) is 14.2. The zero-order valence-electron chi connectivity index (χ0n) is 16.6. The van der Waals surface area contributed by atoms with E-state index in [9.17, 15) is 5.11 Å². The minimum atomic E-state index is -0.504. The normalized spacial score (nSPS) is 23.2. The first-order valence-corrected chi connectivity index (χ1v) is 11.5. The number of benzene rings is 2. The Balaban J connectivity index is 1.49. The molecule has 1 atom stereocenters. The van der Waals surface area contributed by atoms with E-state index < -0.39 is 6.10 Å². The van der Waals surface area contributed by atoms with Gasteiger partial charge in [-0.1, -0.05) is 46.3 Å². The number of nitrogens with zero attached hydrogens (tertiary/aromatic N) is 2. The maximum atomic E-state index is 11.2. The van der Waals surface area contributed by atoms with Crippen LogP contribution in [0.25, 0.3) is 22.0 Å². The van der Waals surface area contributed by atoms with Crippen LogP contribution in [0.5, 0.6) is 0 Å². The molecule has 1 aromatic heterocycles. The van der Waals surface area contributed by atoms with E-state index in [4.69, 9.17) is 4.98 Å². The molecule has 0 spiro atoms. The van der Waals surface area contributed by atoms with Crippen LogP contribution in [-0.2, 0) is 0 Å². The van der Waals surface area contributed by atoms with Gasteiger partial charge in [-0.05, 0) is 66.8 Å². The number of hydrogen-bond donors (Lipinski definition) is 1. The third-order valence-electron chi connectivity index (χ3n) is 6.72. The second kappa shape index (κ2) is 8.17. The van der Waals surface area contributed by atoms with E-state index in [1.54, 1.807) is 0 Å². The van der Waals surface area contributed by atoms with Gasteiger partial charge in [0.25, 0.3) is 0 Å². The van der Waals surface area contributed by atoms with Gasteiger partial charge >= 0.3 is 0 Å². The van der Waals surface area contributed by atoms with Crippen molar-refractivity contribution in [2.75, 3.05) is 19.6 Å². The molecule has 0 amide bonds. The SMILES string of the molecule is OC(CN1CC2CCC(CC2)C1)c1ccnc2c(-c3ccccc3)cc(Br)cc12. The zero-order valence-corrected chi connectivity index (χ0v) is 18.2. The average Bonchev–Trinajstić information content (AvgIpc) is 3.05. The summed E-state index contributed by atoms with van der Waals surface area (Å²) in [5.41, 5.74) is 4.16. The van der Waals surface area contributed by atoms with Crippen molar-refractivity contribution >= 4 is 26.8 Å². The van der Waals surface area contributed by atoms with Crippen molar-refractivity contribution in [1.29, 1.82) is 0 Å². The Morgan fingerprint density at radius 2 is 1.69 bits per heavy atom. The highest BCUT2D eigenvalue weighted by Crippen LogP contribution is 2.37. The summed E-state index contributed by atoms with van der Waals surface area (Å²) in [6, 6.07) is 16.6. The molecule has 1 N–H and O–H groups in total. The number of aliphatic hydroxyl groups is 1. The third-order valence-corrected chi connectivity index (χ3v) is 7.18. The maximum absolute atomic E-state index is 11.2. The number of fused-ring (bicyclic) bond motifs is 5. The second-order valence-corrected chi connectivity index (χ2v) is 9.65. The van der Waals surface area contributed by atoms with Crippen LogP contribution in [0.1, 0.15) is 37.4 Å². The summed E-state index contributed by atoms with van der Waals surface area (Å²) >= 11 is 3.68. The molecule has 3 fully saturated rings. The van der Waals surface area contributed by atoms with Crippen LogP contribution in [0.4, 0.5) is 0 Å². The molecule has 0 radical (unpaired) electrons. The Morgan fingerprint density at radius 1 is 1.00 bits per heavy atom. The fraction of sp³-hybridized carbons (Fsp3) is 0.400. The zero-order chi connectivity index (χ0) is 19.8. The number of aliphatic hydroxyl groups excluding tert-OH is 1. The van der Waals surface area contributed by atoms with Crippen molar-refractivity contribution in [2.24, 2.45) is 11.8 Å².